The van der Waals surface area contributed by atoms with Crippen molar-refractivity contribution in [3.05, 3.63) is 94.4 Å². The molecule has 0 unspecified atom stereocenters. The van der Waals surface area contributed by atoms with Crippen LogP contribution in [0.4, 0.5) is 11.4 Å². The van der Waals surface area contributed by atoms with Gasteiger partial charge in [0.25, 0.3) is 11.8 Å². The van der Waals surface area contributed by atoms with Crippen LogP contribution in [0, 0.1) is 13.8 Å². The Balaban J connectivity index is 1.48. The fourth-order valence-electron chi connectivity index (χ4n) is 3.30. The van der Waals surface area contributed by atoms with Gasteiger partial charge < -0.3 is 10.1 Å². The van der Waals surface area contributed by atoms with Crippen molar-refractivity contribution in [1.29, 1.82) is 0 Å². The molecule has 0 spiro atoms. The van der Waals surface area contributed by atoms with Crippen molar-refractivity contribution in [2.24, 2.45) is 0 Å². The first-order valence-electron chi connectivity index (χ1n) is 10.3. The first kappa shape index (κ1) is 22.8. The Hall–Kier alpha value is -3.42. The molecule has 0 bridgehead atoms. The molecule has 0 atom stereocenters. The smallest absolute Gasteiger partial charge is 0.270 e. The highest BCUT2D eigenvalue weighted by Gasteiger charge is 2.33. The normalized spacial score (nSPS) is 14.6. The third-order valence-corrected chi connectivity index (χ3v) is 6.37. The minimum atomic E-state index is -0.259. The van der Waals surface area contributed by atoms with Crippen LogP contribution in [-0.2, 0) is 9.59 Å². The molecule has 3 aromatic carbocycles. The van der Waals surface area contributed by atoms with Crippen molar-refractivity contribution in [1.82, 2.24) is 0 Å². The zero-order valence-electron chi connectivity index (χ0n) is 18.2. The van der Waals surface area contributed by atoms with Crippen LogP contribution in [0.1, 0.15) is 16.7 Å². The number of nitrogens with zero attached hydrogens (tertiary/aromatic N) is 1. The number of rotatable bonds is 6. The SMILES string of the molecule is Cc1ccc(N2C(=O)/C(=C/c3ccccc3OCC(=O)Nc3ccccc3C)SC2=S)cc1. The van der Waals surface area contributed by atoms with Gasteiger partial charge in [0.1, 0.15) is 5.75 Å². The average Bonchev–Trinajstić information content (AvgIpc) is 3.08. The van der Waals surface area contributed by atoms with E-state index in [1.807, 2.05) is 80.6 Å². The van der Waals surface area contributed by atoms with Crippen molar-refractivity contribution in [3.63, 3.8) is 0 Å². The number of benzene rings is 3. The van der Waals surface area contributed by atoms with Gasteiger partial charge >= 0.3 is 0 Å². The number of hydrogen-bond acceptors (Lipinski definition) is 5. The summed E-state index contributed by atoms with van der Waals surface area (Å²) < 4.78 is 6.26. The van der Waals surface area contributed by atoms with E-state index >= 15 is 0 Å². The zero-order chi connectivity index (χ0) is 23.4. The van der Waals surface area contributed by atoms with E-state index in [0.29, 0.717) is 20.5 Å². The van der Waals surface area contributed by atoms with Crippen LogP contribution in [-0.4, -0.2) is 22.7 Å². The molecule has 166 valence electrons. The number of carbonyl (C=O) groups excluding carboxylic acids is 2. The van der Waals surface area contributed by atoms with E-state index in [4.69, 9.17) is 17.0 Å². The predicted octanol–water partition coefficient (Wildman–Crippen LogP) is 5.73. The third-order valence-electron chi connectivity index (χ3n) is 5.07. The minimum Gasteiger partial charge on any atom is -0.483 e. The van der Waals surface area contributed by atoms with E-state index < -0.39 is 0 Å². The van der Waals surface area contributed by atoms with Gasteiger partial charge in [-0.05, 0) is 49.8 Å². The lowest BCUT2D eigenvalue weighted by Gasteiger charge is -2.14. The molecule has 1 heterocycles. The largest absolute Gasteiger partial charge is 0.483 e. The highest BCUT2D eigenvalue weighted by atomic mass is 32.2. The monoisotopic (exact) mass is 474 g/mol. The van der Waals surface area contributed by atoms with Gasteiger partial charge in [0.05, 0.1) is 10.6 Å². The fraction of sp³-hybridized carbons (Fsp3) is 0.115. The number of carbonyl (C=O) groups is 2. The standard InChI is InChI=1S/C26H22N2O3S2/c1-17-11-13-20(14-12-17)28-25(30)23(33-26(28)32)15-19-8-4-6-10-22(19)31-16-24(29)27-21-9-5-3-7-18(21)2/h3-15H,16H2,1-2H3,(H,27,29)/b23-15-. The second kappa shape index (κ2) is 10.0. The molecule has 0 saturated carbocycles. The summed E-state index contributed by atoms with van der Waals surface area (Å²) in [4.78, 5) is 27.5. The number of para-hydroxylation sites is 2. The fourth-order valence-corrected chi connectivity index (χ4v) is 4.59. The minimum absolute atomic E-state index is 0.149. The summed E-state index contributed by atoms with van der Waals surface area (Å²) in [5, 5.41) is 2.85. The van der Waals surface area contributed by atoms with Gasteiger partial charge in [-0.2, -0.15) is 0 Å². The molecule has 1 saturated heterocycles. The predicted molar refractivity (Wildman–Crippen MR) is 139 cm³/mol. The second-order valence-corrected chi connectivity index (χ2v) is 9.22. The molecular formula is C26H22N2O3S2. The van der Waals surface area contributed by atoms with Crippen LogP contribution in [0.2, 0.25) is 0 Å². The van der Waals surface area contributed by atoms with Crippen LogP contribution >= 0.6 is 24.0 Å². The van der Waals surface area contributed by atoms with Crippen LogP contribution < -0.4 is 15.0 Å². The highest BCUT2D eigenvalue weighted by molar-refractivity contribution is 8.27. The lowest BCUT2D eigenvalue weighted by atomic mass is 10.1. The van der Waals surface area contributed by atoms with E-state index in [1.54, 1.807) is 12.1 Å². The van der Waals surface area contributed by atoms with Crippen molar-refractivity contribution < 1.29 is 14.3 Å². The molecule has 3 aromatic rings. The summed E-state index contributed by atoms with van der Waals surface area (Å²) in [6.45, 7) is 3.77. The van der Waals surface area contributed by atoms with E-state index in [2.05, 4.69) is 5.32 Å². The molecule has 0 aliphatic carbocycles. The van der Waals surface area contributed by atoms with Gasteiger partial charge in [-0.1, -0.05) is 78.1 Å². The first-order chi connectivity index (χ1) is 15.9. The van der Waals surface area contributed by atoms with E-state index in [9.17, 15) is 9.59 Å². The number of thioether (sulfide) groups is 1. The molecule has 7 heteroatoms. The Kier molecular flexibility index (Phi) is 6.91. The third kappa shape index (κ3) is 5.32. The van der Waals surface area contributed by atoms with Crippen molar-refractivity contribution in [2.75, 3.05) is 16.8 Å². The summed E-state index contributed by atoms with van der Waals surface area (Å²) in [5.74, 6) is 0.0730. The van der Waals surface area contributed by atoms with Gasteiger partial charge in [0.2, 0.25) is 0 Å². The molecule has 2 amide bonds. The molecule has 0 aromatic heterocycles. The molecule has 1 aliphatic rings. The van der Waals surface area contributed by atoms with E-state index in [-0.39, 0.29) is 18.4 Å². The Morgan fingerprint density at radius 3 is 2.48 bits per heavy atom. The lowest BCUT2D eigenvalue weighted by Crippen LogP contribution is -2.27. The number of nitrogens with one attached hydrogen (secondary N) is 1. The Morgan fingerprint density at radius 2 is 1.73 bits per heavy atom. The Labute approximate surface area is 202 Å². The molecule has 1 fully saturated rings. The van der Waals surface area contributed by atoms with E-state index in [1.165, 1.54) is 16.7 Å². The van der Waals surface area contributed by atoms with Gasteiger partial charge in [0, 0.05) is 11.3 Å². The first-order valence-corrected chi connectivity index (χ1v) is 11.6. The maximum Gasteiger partial charge on any atom is 0.270 e. The van der Waals surface area contributed by atoms with Gasteiger partial charge in [-0.25, -0.2) is 0 Å². The van der Waals surface area contributed by atoms with Crippen LogP contribution in [0.5, 0.6) is 5.75 Å². The topological polar surface area (TPSA) is 58.6 Å². The van der Waals surface area contributed by atoms with Crippen LogP contribution in [0.15, 0.2) is 77.7 Å². The summed E-state index contributed by atoms with van der Waals surface area (Å²) in [6, 6.07) is 22.5. The molecule has 0 radical (unpaired) electrons. The van der Waals surface area contributed by atoms with Crippen LogP contribution in [0.25, 0.3) is 6.08 Å². The van der Waals surface area contributed by atoms with Gasteiger partial charge in [0.15, 0.2) is 10.9 Å². The molecule has 4 rings (SSSR count). The number of anilines is 2. The van der Waals surface area contributed by atoms with E-state index in [0.717, 1.165) is 22.5 Å². The quantitative estimate of drug-likeness (QED) is 0.365. The molecule has 1 aliphatic heterocycles. The number of thiocarbonyl (C=S) groups is 1. The summed E-state index contributed by atoms with van der Waals surface area (Å²) in [6.07, 6.45) is 1.75. The summed E-state index contributed by atoms with van der Waals surface area (Å²) in [5.41, 5.74) is 4.27. The zero-order valence-corrected chi connectivity index (χ0v) is 19.8. The van der Waals surface area contributed by atoms with Gasteiger partial charge in [-0.15, -0.1) is 0 Å². The molecule has 5 nitrogen and oxygen atoms in total. The van der Waals surface area contributed by atoms with Crippen LogP contribution in [0.3, 0.4) is 0 Å². The summed E-state index contributed by atoms with van der Waals surface area (Å²) in [7, 11) is 0. The lowest BCUT2D eigenvalue weighted by molar-refractivity contribution is -0.118. The number of hydrogen-bond donors (Lipinski definition) is 1. The Bertz CT molecular complexity index is 1250. The molecular weight excluding hydrogens is 452 g/mol. The van der Waals surface area contributed by atoms with Crippen molar-refractivity contribution in [3.8, 4) is 5.75 Å². The van der Waals surface area contributed by atoms with Crippen molar-refractivity contribution in [2.45, 2.75) is 13.8 Å². The second-order valence-electron chi connectivity index (χ2n) is 7.54. The molecule has 33 heavy (non-hydrogen) atoms. The summed E-state index contributed by atoms with van der Waals surface area (Å²) >= 11 is 6.71. The Morgan fingerprint density at radius 1 is 1.03 bits per heavy atom. The molecule has 1 N–H and O–H groups in total. The maximum absolute atomic E-state index is 13.1. The average molecular weight is 475 g/mol. The van der Waals surface area contributed by atoms with Gasteiger partial charge in [-0.3, -0.25) is 14.5 Å². The maximum atomic E-state index is 13.1. The number of aryl methyl sites for hydroxylation is 2. The number of ether oxygens (including phenoxy) is 1. The number of amides is 2. The highest BCUT2D eigenvalue weighted by Crippen LogP contribution is 2.37. The van der Waals surface area contributed by atoms with Crippen molar-refractivity contribution >= 4 is 57.6 Å².